The van der Waals surface area contributed by atoms with E-state index in [1.807, 2.05) is 30.3 Å². The van der Waals surface area contributed by atoms with Crippen molar-refractivity contribution in [3.8, 4) is 0 Å². The molecule has 1 aromatic heterocycles. The lowest BCUT2D eigenvalue weighted by atomic mass is 10.1. The van der Waals surface area contributed by atoms with E-state index in [2.05, 4.69) is 16.2 Å². The zero-order valence-electron chi connectivity index (χ0n) is 15.5. The zero-order chi connectivity index (χ0) is 20.6. The Morgan fingerprint density at radius 2 is 1.97 bits per heavy atom. The third-order valence-corrected chi connectivity index (χ3v) is 4.48. The third-order valence-electron chi connectivity index (χ3n) is 4.27. The normalized spacial score (nSPS) is 16.1. The molecule has 0 spiro atoms. The van der Waals surface area contributed by atoms with Crippen molar-refractivity contribution in [3.05, 3.63) is 66.1 Å². The number of hydrogen-bond donors (Lipinski definition) is 3. The number of hydrazine groups is 1. The number of hydrogen-bond acceptors (Lipinski definition) is 5. The number of nitrogens with zero attached hydrogens (tertiary/aromatic N) is 1. The fraction of sp³-hybridized carbons (Fsp3) is 0.200. The summed E-state index contributed by atoms with van der Waals surface area (Å²) in [6.45, 7) is 0.608. The first-order valence-electron chi connectivity index (χ1n) is 8.95. The van der Waals surface area contributed by atoms with Gasteiger partial charge in [0.05, 0.1) is 18.7 Å². The molecular formula is C20H20N4O4S. The molecule has 0 saturated carbocycles. The molecule has 1 aromatic carbocycles. The van der Waals surface area contributed by atoms with E-state index in [1.165, 1.54) is 12.3 Å². The molecule has 1 fully saturated rings. The van der Waals surface area contributed by atoms with Gasteiger partial charge in [0.2, 0.25) is 17.7 Å². The van der Waals surface area contributed by atoms with Crippen LogP contribution >= 0.6 is 12.2 Å². The first kappa shape index (κ1) is 20.3. The summed E-state index contributed by atoms with van der Waals surface area (Å²) in [6, 6.07) is 12.8. The van der Waals surface area contributed by atoms with Crippen LogP contribution in [0.2, 0.25) is 0 Å². The topological polar surface area (TPSA) is 104 Å². The molecule has 29 heavy (non-hydrogen) atoms. The average molecular weight is 412 g/mol. The Bertz CT molecular complexity index is 912. The van der Waals surface area contributed by atoms with E-state index in [0.29, 0.717) is 12.3 Å². The quantitative estimate of drug-likeness (QED) is 0.389. The van der Waals surface area contributed by atoms with E-state index in [4.69, 9.17) is 16.6 Å². The minimum Gasteiger partial charge on any atom is -0.467 e. The first-order valence-corrected chi connectivity index (χ1v) is 9.36. The van der Waals surface area contributed by atoms with E-state index in [9.17, 15) is 14.4 Å². The zero-order valence-corrected chi connectivity index (χ0v) is 16.3. The molecule has 0 radical (unpaired) electrons. The van der Waals surface area contributed by atoms with E-state index >= 15 is 0 Å². The monoisotopic (exact) mass is 412 g/mol. The van der Waals surface area contributed by atoms with Gasteiger partial charge in [-0.15, -0.1) is 0 Å². The Morgan fingerprint density at radius 1 is 1.17 bits per heavy atom. The van der Waals surface area contributed by atoms with Crippen molar-refractivity contribution >= 4 is 41.1 Å². The van der Waals surface area contributed by atoms with Crippen LogP contribution in [-0.4, -0.2) is 34.3 Å². The molecule has 1 aliphatic heterocycles. The van der Waals surface area contributed by atoms with Crippen LogP contribution in [0.3, 0.4) is 0 Å². The van der Waals surface area contributed by atoms with Crippen molar-refractivity contribution in [3.63, 3.8) is 0 Å². The maximum atomic E-state index is 12.3. The molecule has 2 aromatic rings. The molecule has 1 atom stereocenters. The van der Waals surface area contributed by atoms with Gasteiger partial charge in [-0.25, -0.2) is 0 Å². The van der Waals surface area contributed by atoms with Crippen LogP contribution < -0.4 is 16.2 Å². The van der Waals surface area contributed by atoms with Gasteiger partial charge in [0.15, 0.2) is 5.11 Å². The highest BCUT2D eigenvalue weighted by molar-refractivity contribution is 7.80. The highest BCUT2D eigenvalue weighted by Gasteiger charge is 2.34. The second kappa shape index (κ2) is 9.65. The number of carbonyl (C=O) groups excluding carboxylic acids is 3. The van der Waals surface area contributed by atoms with E-state index in [1.54, 1.807) is 23.1 Å². The minimum atomic E-state index is -0.513. The summed E-state index contributed by atoms with van der Waals surface area (Å²) in [7, 11) is 0. The minimum absolute atomic E-state index is 0.0437. The van der Waals surface area contributed by atoms with E-state index in [-0.39, 0.29) is 29.9 Å². The van der Waals surface area contributed by atoms with Crippen LogP contribution in [0.25, 0.3) is 6.08 Å². The Kier molecular flexibility index (Phi) is 6.75. The predicted molar refractivity (Wildman–Crippen MR) is 110 cm³/mol. The number of nitrogens with one attached hydrogen (secondary N) is 3. The van der Waals surface area contributed by atoms with Crippen LogP contribution in [0.5, 0.6) is 0 Å². The van der Waals surface area contributed by atoms with Crippen molar-refractivity contribution in [1.82, 2.24) is 21.1 Å². The standard InChI is InChI=1S/C20H20N4O4S/c25-17(9-8-14-5-2-1-3-6-14)21-20(29)23-22-19(27)15-11-18(26)24(12-15)13-16-7-4-10-28-16/h1-10,15H,11-13H2,(H,22,27)(H2,21,23,25,29)/b9-8+. The second-order valence-electron chi connectivity index (χ2n) is 6.43. The summed E-state index contributed by atoms with van der Waals surface area (Å²) in [5, 5.41) is 2.39. The molecule has 0 aliphatic carbocycles. The third kappa shape index (κ3) is 6.01. The number of likely N-dealkylation sites (tertiary alicyclic amines) is 1. The largest absolute Gasteiger partial charge is 0.467 e. The van der Waals surface area contributed by atoms with Gasteiger partial charge in [0.25, 0.3) is 0 Å². The van der Waals surface area contributed by atoms with Crippen molar-refractivity contribution in [2.24, 2.45) is 5.92 Å². The number of amides is 3. The van der Waals surface area contributed by atoms with Crippen LogP contribution in [0, 0.1) is 5.92 Å². The molecule has 1 aliphatic rings. The van der Waals surface area contributed by atoms with Gasteiger partial charge in [-0.1, -0.05) is 30.3 Å². The average Bonchev–Trinajstić information content (AvgIpc) is 3.36. The van der Waals surface area contributed by atoms with E-state index in [0.717, 1.165) is 5.56 Å². The van der Waals surface area contributed by atoms with Crippen molar-refractivity contribution < 1.29 is 18.8 Å². The summed E-state index contributed by atoms with van der Waals surface area (Å²) < 4.78 is 5.23. The summed E-state index contributed by atoms with van der Waals surface area (Å²) in [5.41, 5.74) is 5.79. The summed E-state index contributed by atoms with van der Waals surface area (Å²) in [4.78, 5) is 37.8. The maximum Gasteiger partial charge on any atom is 0.250 e. The Hall–Kier alpha value is -3.46. The Balaban J connectivity index is 1.40. The molecule has 1 unspecified atom stereocenters. The number of thiocarbonyl (C=S) groups is 1. The smallest absolute Gasteiger partial charge is 0.250 e. The maximum absolute atomic E-state index is 12.3. The molecular weight excluding hydrogens is 392 g/mol. The fourth-order valence-electron chi connectivity index (χ4n) is 2.83. The Morgan fingerprint density at radius 3 is 2.69 bits per heavy atom. The van der Waals surface area contributed by atoms with Crippen molar-refractivity contribution in [2.75, 3.05) is 6.54 Å². The van der Waals surface area contributed by atoms with Crippen LogP contribution in [-0.2, 0) is 20.9 Å². The van der Waals surface area contributed by atoms with Crippen molar-refractivity contribution in [1.29, 1.82) is 0 Å². The molecule has 150 valence electrons. The van der Waals surface area contributed by atoms with Gasteiger partial charge in [-0.3, -0.25) is 30.6 Å². The van der Waals surface area contributed by atoms with Gasteiger partial charge in [0, 0.05) is 19.0 Å². The fourth-order valence-corrected chi connectivity index (χ4v) is 2.98. The summed E-state index contributed by atoms with van der Waals surface area (Å²) in [6.07, 6.45) is 4.63. The Labute approximate surface area is 172 Å². The highest BCUT2D eigenvalue weighted by atomic mass is 32.1. The lowest BCUT2D eigenvalue weighted by Crippen LogP contribution is -2.50. The predicted octanol–water partition coefficient (Wildman–Crippen LogP) is 1.36. The number of benzene rings is 1. The molecule has 9 heteroatoms. The highest BCUT2D eigenvalue weighted by Crippen LogP contribution is 2.20. The molecule has 8 nitrogen and oxygen atoms in total. The lowest BCUT2D eigenvalue weighted by Gasteiger charge is -2.15. The van der Waals surface area contributed by atoms with Crippen LogP contribution in [0.4, 0.5) is 0 Å². The lowest BCUT2D eigenvalue weighted by molar-refractivity contribution is -0.129. The van der Waals surface area contributed by atoms with E-state index < -0.39 is 11.8 Å². The number of rotatable bonds is 5. The SMILES string of the molecule is O=C(/C=C/c1ccccc1)NC(=S)NNC(=O)C1CC(=O)N(Cc2ccco2)C1. The molecule has 0 bridgehead atoms. The van der Waals surface area contributed by atoms with Crippen LogP contribution in [0.15, 0.2) is 59.2 Å². The van der Waals surface area contributed by atoms with Gasteiger partial charge < -0.3 is 9.32 Å². The number of carbonyl (C=O) groups is 3. The molecule has 2 heterocycles. The molecule has 3 N–H and O–H groups in total. The molecule has 1 saturated heterocycles. The van der Waals surface area contributed by atoms with Gasteiger partial charge >= 0.3 is 0 Å². The molecule has 3 rings (SSSR count). The van der Waals surface area contributed by atoms with Gasteiger partial charge in [-0.2, -0.15) is 0 Å². The van der Waals surface area contributed by atoms with Crippen molar-refractivity contribution in [2.45, 2.75) is 13.0 Å². The summed E-state index contributed by atoms with van der Waals surface area (Å²) >= 11 is 5.00. The van der Waals surface area contributed by atoms with Gasteiger partial charge in [-0.05, 0) is 36.0 Å². The second-order valence-corrected chi connectivity index (χ2v) is 6.84. The molecule has 3 amide bonds. The van der Waals surface area contributed by atoms with Crippen LogP contribution in [0.1, 0.15) is 17.7 Å². The van der Waals surface area contributed by atoms with Gasteiger partial charge in [0.1, 0.15) is 5.76 Å². The first-order chi connectivity index (χ1) is 14.0. The summed E-state index contributed by atoms with van der Waals surface area (Å²) in [5.74, 6) is -0.784. The number of furan rings is 1.